The van der Waals surface area contributed by atoms with Crippen LogP contribution in [0.2, 0.25) is 0 Å². The van der Waals surface area contributed by atoms with Gasteiger partial charge in [0.2, 0.25) is 0 Å². The Bertz CT molecular complexity index is 261. The van der Waals surface area contributed by atoms with Crippen LogP contribution in [0, 0.1) is 0 Å². The molecular formula is C9H9BrF2O. The Labute approximate surface area is 83.5 Å². The molecule has 4 heteroatoms. The highest BCUT2D eigenvalue weighted by Gasteiger charge is 2.16. The molecule has 1 aromatic carbocycles. The van der Waals surface area contributed by atoms with E-state index in [4.69, 9.17) is 5.11 Å². The fourth-order valence-electron chi connectivity index (χ4n) is 0.951. The first-order valence-corrected chi connectivity index (χ1v) is 4.59. The number of aliphatic hydroxyl groups is 1. The fourth-order valence-corrected chi connectivity index (χ4v) is 1.22. The second kappa shape index (κ2) is 4.67. The fraction of sp³-hybridized carbons (Fsp3) is 0.333. The van der Waals surface area contributed by atoms with Gasteiger partial charge in [0.25, 0.3) is 6.43 Å². The molecule has 0 aliphatic heterocycles. The molecule has 72 valence electrons. The summed E-state index contributed by atoms with van der Waals surface area (Å²) in [6, 6.07) is 6.92. The van der Waals surface area contributed by atoms with Crippen LogP contribution in [-0.4, -0.2) is 17.6 Å². The molecule has 0 saturated carbocycles. The number of rotatable bonds is 3. The van der Waals surface area contributed by atoms with Crippen LogP contribution in [0.1, 0.15) is 5.56 Å². The largest absolute Gasteiger partial charge is 0.387 e. The van der Waals surface area contributed by atoms with Gasteiger partial charge in [-0.25, -0.2) is 8.78 Å². The third-order valence-electron chi connectivity index (χ3n) is 1.65. The van der Waals surface area contributed by atoms with E-state index in [0.717, 1.165) is 4.47 Å². The quantitative estimate of drug-likeness (QED) is 0.875. The zero-order valence-electron chi connectivity index (χ0n) is 6.75. The molecule has 0 aliphatic rings. The number of halogens is 3. The van der Waals surface area contributed by atoms with Crippen LogP contribution >= 0.6 is 15.9 Å². The van der Waals surface area contributed by atoms with Crippen LogP contribution in [0.5, 0.6) is 0 Å². The molecule has 1 aromatic rings. The minimum absolute atomic E-state index is 0.00898. The molecule has 1 rings (SSSR count). The van der Waals surface area contributed by atoms with Crippen LogP contribution in [0.25, 0.3) is 0 Å². The van der Waals surface area contributed by atoms with Crippen molar-refractivity contribution in [1.82, 2.24) is 0 Å². The standard InChI is InChI=1S/C9H9BrF2O/c10-7-3-1-6(2-4-7)5-8(13)9(11)12/h1-4,8-9,13H,5H2. The Hall–Kier alpha value is -0.480. The van der Waals surface area contributed by atoms with E-state index in [1.54, 1.807) is 24.3 Å². The van der Waals surface area contributed by atoms with E-state index in [2.05, 4.69) is 15.9 Å². The molecule has 0 amide bonds. The SMILES string of the molecule is OC(Cc1ccc(Br)cc1)C(F)F. The first-order valence-electron chi connectivity index (χ1n) is 3.80. The van der Waals surface area contributed by atoms with E-state index in [0.29, 0.717) is 5.56 Å². The molecule has 0 heterocycles. The monoisotopic (exact) mass is 250 g/mol. The summed E-state index contributed by atoms with van der Waals surface area (Å²) in [5, 5.41) is 8.89. The van der Waals surface area contributed by atoms with Crippen molar-refractivity contribution >= 4 is 15.9 Å². The maximum Gasteiger partial charge on any atom is 0.264 e. The zero-order valence-corrected chi connectivity index (χ0v) is 8.34. The summed E-state index contributed by atoms with van der Waals surface area (Å²) in [5.41, 5.74) is 0.705. The molecule has 1 atom stereocenters. The lowest BCUT2D eigenvalue weighted by Gasteiger charge is -2.08. The van der Waals surface area contributed by atoms with Crippen molar-refractivity contribution in [3.63, 3.8) is 0 Å². The lowest BCUT2D eigenvalue weighted by atomic mass is 10.1. The Kier molecular flexibility index (Phi) is 3.81. The Balaban J connectivity index is 2.59. The van der Waals surface area contributed by atoms with Gasteiger partial charge < -0.3 is 5.11 Å². The molecule has 1 N–H and O–H groups in total. The summed E-state index contributed by atoms with van der Waals surface area (Å²) in [6.45, 7) is 0. The Morgan fingerprint density at radius 3 is 2.23 bits per heavy atom. The van der Waals surface area contributed by atoms with Gasteiger partial charge in [-0.15, -0.1) is 0 Å². The summed E-state index contributed by atoms with van der Waals surface area (Å²) in [4.78, 5) is 0. The van der Waals surface area contributed by atoms with E-state index in [-0.39, 0.29) is 6.42 Å². The minimum atomic E-state index is -2.68. The molecule has 0 aliphatic carbocycles. The van der Waals surface area contributed by atoms with Gasteiger partial charge in [0.1, 0.15) is 6.10 Å². The highest BCUT2D eigenvalue weighted by atomic mass is 79.9. The summed E-state index contributed by atoms with van der Waals surface area (Å²) in [7, 11) is 0. The summed E-state index contributed by atoms with van der Waals surface area (Å²) in [5.74, 6) is 0. The molecule has 0 spiro atoms. The van der Waals surface area contributed by atoms with Crippen LogP contribution < -0.4 is 0 Å². The van der Waals surface area contributed by atoms with Gasteiger partial charge in [-0.3, -0.25) is 0 Å². The van der Waals surface area contributed by atoms with Crippen molar-refractivity contribution in [1.29, 1.82) is 0 Å². The van der Waals surface area contributed by atoms with Crippen LogP contribution in [0.4, 0.5) is 8.78 Å². The molecule has 0 aromatic heterocycles. The topological polar surface area (TPSA) is 20.2 Å². The number of hydrogen-bond donors (Lipinski definition) is 1. The molecule has 1 unspecified atom stereocenters. The molecule has 0 fully saturated rings. The third-order valence-corrected chi connectivity index (χ3v) is 2.18. The van der Waals surface area contributed by atoms with Crippen molar-refractivity contribution in [2.45, 2.75) is 19.0 Å². The van der Waals surface area contributed by atoms with Gasteiger partial charge in [0, 0.05) is 10.9 Å². The van der Waals surface area contributed by atoms with E-state index < -0.39 is 12.5 Å². The van der Waals surface area contributed by atoms with Gasteiger partial charge in [0.15, 0.2) is 0 Å². The number of hydrogen-bond acceptors (Lipinski definition) is 1. The van der Waals surface area contributed by atoms with Gasteiger partial charge in [-0.05, 0) is 17.7 Å². The molecule has 0 radical (unpaired) electrons. The maximum atomic E-state index is 11.9. The molecule has 13 heavy (non-hydrogen) atoms. The first kappa shape index (κ1) is 10.6. The number of benzene rings is 1. The average Bonchev–Trinajstić information content (AvgIpc) is 2.08. The van der Waals surface area contributed by atoms with Gasteiger partial charge in [-0.1, -0.05) is 28.1 Å². The number of aliphatic hydroxyl groups excluding tert-OH is 1. The predicted molar refractivity (Wildman–Crippen MR) is 49.9 cm³/mol. The lowest BCUT2D eigenvalue weighted by Crippen LogP contribution is -2.19. The summed E-state index contributed by atoms with van der Waals surface area (Å²) < 4.78 is 24.8. The minimum Gasteiger partial charge on any atom is -0.387 e. The van der Waals surface area contributed by atoms with Crippen molar-refractivity contribution in [3.8, 4) is 0 Å². The molecule has 1 nitrogen and oxygen atoms in total. The van der Waals surface area contributed by atoms with E-state index in [9.17, 15) is 8.78 Å². The smallest absolute Gasteiger partial charge is 0.264 e. The highest BCUT2D eigenvalue weighted by Crippen LogP contribution is 2.13. The van der Waals surface area contributed by atoms with Gasteiger partial charge in [0.05, 0.1) is 0 Å². The second-order valence-corrected chi connectivity index (χ2v) is 3.65. The normalized spacial score (nSPS) is 13.3. The van der Waals surface area contributed by atoms with E-state index in [1.165, 1.54) is 0 Å². The summed E-state index contributed by atoms with van der Waals surface area (Å²) in [6.07, 6.45) is -4.25. The Morgan fingerprint density at radius 1 is 1.23 bits per heavy atom. The van der Waals surface area contributed by atoms with E-state index >= 15 is 0 Å². The van der Waals surface area contributed by atoms with Crippen LogP contribution in [0.15, 0.2) is 28.7 Å². The Morgan fingerprint density at radius 2 is 1.77 bits per heavy atom. The zero-order chi connectivity index (χ0) is 9.84. The van der Waals surface area contributed by atoms with Gasteiger partial charge in [-0.2, -0.15) is 0 Å². The summed E-state index contributed by atoms with van der Waals surface area (Å²) >= 11 is 3.23. The van der Waals surface area contributed by atoms with E-state index in [1.807, 2.05) is 0 Å². The van der Waals surface area contributed by atoms with Crippen LogP contribution in [0.3, 0.4) is 0 Å². The second-order valence-electron chi connectivity index (χ2n) is 2.73. The molecule has 0 bridgehead atoms. The average molecular weight is 251 g/mol. The molecule has 0 saturated heterocycles. The van der Waals surface area contributed by atoms with Crippen molar-refractivity contribution in [3.05, 3.63) is 34.3 Å². The maximum absolute atomic E-state index is 11.9. The van der Waals surface area contributed by atoms with Gasteiger partial charge >= 0.3 is 0 Å². The lowest BCUT2D eigenvalue weighted by molar-refractivity contribution is -0.00365. The predicted octanol–water partition coefficient (Wildman–Crippen LogP) is 2.62. The van der Waals surface area contributed by atoms with Crippen molar-refractivity contribution in [2.75, 3.05) is 0 Å². The first-order chi connectivity index (χ1) is 6.09. The highest BCUT2D eigenvalue weighted by molar-refractivity contribution is 9.10. The number of alkyl halides is 2. The van der Waals surface area contributed by atoms with Crippen LogP contribution in [-0.2, 0) is 6.42 Å². The van der Waals surface area contributed by atoms with Crippen molar-refractivity contribution in [2.24, 2.45) is 0 Å². The third kappa shape index (κ3) is 3.40. The van der Waals surface area contributed by atoms with Crippen molar-refractivity contribution < 1.29 is 13.9 Å². The molecular weight excluding hydrogens is 242 g/mol.